The van der Waals surface area contributed by atoms with Gasteiger partial charge in [0.05, 0.1) is 6.10 Å². The standard InChI is InChI=1S/C16H25NO/c1-5-6-16-15-9-13(18-11(2)3)7-8-14(15)12(4)10-17-16/h7-9,11-12,16-17H,5-6,10H2,1-4H3. The van der Waals surface area contributed by atoms with E-state index < -0.39 is 0 Å². The average molecular weight is 247 g/mol. The van der Waals surface area contributed by atoms with Crippen LogP contribution in [-0.4, -0.2) is 12.6 Å². The van der Waals surface area contributed by atoms with Crippen LogP contribution in [0.4, 0.5) is 0 Å². The van der Waals surface area contributed by atoms with Gasteiger partial charge in [-0.1, -0.05) is 26.3 Å². The molecule has 0 spiro atoms. The first kappa shape index (κ1) is 13.4. The zero-order valence-corrected chi connectivity index (χ0v) is 12.0. The lowest BCUT2D eigenvalue weighted by Gasteiger charge is -2.31. The van der Waals surface area contributed by atoms with Gasteiger partial charge in [0, 0.05) is 12.6 Å². The molecule has 1 N–H and O–H groups in total. The number of nitrogens with one attached hydrogen (secondary N) is 1. The van der Waals surface area contributed by atoms with E-state index in [1.807, 2.05) is 0 Å². The molecule has 0 saturated carbocycles. The molecule has 0 radical (unpaired) electrons. The third-order valence-corrected chi connectivity index (χ3v) is 3.58. The Labute approximate surface area is 111 Å². The van der Waals surface area contributed by atoms with Gasteiger partial charge in [0.1, 0.15) is 5.75 Å². The van der Waals surface area contributed by atoms with E-state index in [1.165, 1.54) is 24.0 Å². The SMILES string of the molecule is CCCC1NCC(C)c2ccc(OC(C)C)cc21. The number of benzene rings is 1. The molecule has 0 bridgehead atoms. The molecule has 0 aromatic heterocycles. The summed E-state index contributed by atoms with van der Waals surface area (Å²) in [6.45, 7) is 9.76. The lowest BCUT2D eigenvalue weighted by molar-refractivity contribution is 0.241. The van der Waals surface area contributed by atoms with Gasteiger partial charge in [-0.05, 0) is 49.4 Å². The summed E-state index contributed by atoms with van der Waals surface area (Å²) in [5.74, 6) is 1.60. The fraction of sp³-hybridized carbons (Fsp3) is 0.625. The molecular formula is C16H25NO. The van der Waals surface area contributed by atoms with Crippen LogP contribution >= 0.6 is 0 Å². The van der Waals surface area contributed by atoms with Crippen LogP contribution in [0.2, 0.25) is 0 Å². The van der Waals surface area contributed by atoms with Crippen LogP contribution < -0.4 is 10.1 Å². The van der Waals surface area contributed by atoms with Gasteiger partial charge in [-0.25, -0.2) is 0 Å². The molecule has 0 saturated heterocycles. The molecule has 2 atom stereocenters. The van der Waals surface area contributed by atoms with Gasteiger partial charge in [0.15, 0.2) is 0 Å². The zero-order valence-electron chi connectivity index (χ0n) is 12.0. The number of hydrogen-bond acceptors (Lipinski definition) is 2. The van der Waals surface area contributed by atoms with Gasteiger partial charge in [-0.3, -0.25) is 0 Å². The lowest BCUT2D eigenvalue weighted by Crippen LogP contribution is -2.32. The Balaban J connectivity index is 2.30. The third kappa shape index (κ3) is 2.86. The molecule has 1 aliphatic rings. The zero-order chi connectivity index (χ0) is 13.1. The molecule has 100 valence electrons. The van der Waals surface area contributed by atoms with Crippen molar-refractivity contribution in [3.05, 3.63) is 29.3 Å². The number of ether oxygens (including phenoxy) is 1. The minimum Gasteiger partial charge on any atom is -0.491 e. The first-order valence-electron chi connectivity index (χ1n) is 7.15. The number of fused-ring (bicyclic) bond motifs is 1. The van der Waals surface area contributed by atoms with Crippen LogP contribution in [0.3, 0.4) is 0 Å². The van der Waals surface area contributed by atoms with Gasteiger partial charge >= 0.3 is 0 Å². The highest BCUT2D eigenvalue weighted by Gasteiger charge is 2.24. The largest absolute Gasteiger partial charge is 0.491 e. The van der Waals surface area contributed by atoms with Crippen LogP contribution in [0.25, 0.3) is 0 Å². The second-order valence-electron chi connectivity index (χ2n) is 5.61. The van der Waals surface area contributed by atoms with Crippen molar-refractivity contribution in [2.75, 3.05) is 6.54 Å². The van der Waals surface area contributed by atoms with Crippen LogP contribution in [0.5, 0.6) is 5.75 Å². The Morgan fingerprint density at radius 1 is 1.33 bits per heavy atom. The Morgan fingerprint density at radius 3 is 2.78 bits per heavy atom. The van der Waals surface area contributed by atoms with Gasteiger partial charge in [0.2, 0.25) is 0 Å². The van der Waals surface area contributed by atoms with Gasteiger partial charge in [-0.15, -0.1) is 0 Å². The van der Waals surface area contributed by atoms with Gasteiger partial charge in [0.25, 0.3) is 0 Å². The second-order valence-corrected chi connectivity index (χ2v) is 5.61. The molecule has 1 aromatic carbocycles. The Hall–Kier alpha value is -1.02. The Bertz CT molecular complexity index is 400. The molecular weight excluding hydrogens is 222 g/mol. The highest BCUT2D eigenvalue weighted by molar-refractivity contribution is 5.41. The summed E-state index contributed by atoms with van der Waals surface area (Å²) < 4.78 is 5.81. The van der Waals surface area contributed by atoms with Crippen molar-refractivity contribution >= 4 is 0 Å². The van der Waals surface area contributed by atoms with Gasteiger partial charge < -0.3 is 10.1 Å². The molecule has 2 nitrogen and oxygen atoms in total. The highest BCUT2D eigenvalue weighted by Crippen LogP contribution is 2.34. The summed E-state index contributed by atoms with van der Waals surface area (Å²) in [5, 5.41) is 3.65. The summed E-state index contributed by atoms with van der Waals surface area (Å²) in [7, 11) is 0. The van der Waals surface area contributed by atoms with E-state index in [0.717, 1.165) is 12.3 Å². The van der Waals surface area contributed by atoms with E-state index >= 15 is 0 Å². The molecule has 0 amide bonds. The summed E-state index contributed by atoms with van der Waals surface area (Å²) >= 11 is 0. The van der Waals surface area contributed by atoms with Crippen molar-refractivity contribution in [1.29, 1.82) is 0 Å². The second kappa shape index (κ2) is 5.75. The lowest BCUT2D eigenvalue weighted by atomic mass is 9.86. The monoisotopic (exact) mass is 247 g/mol. The molecule has 0 fully saturated rings. The maximum Gasteiger partial charge on any atom is 0.120 e. The third-order valence-electron chi connectivity index (χ3n) is 3.58. The molecule has 2 unspecified atom stereocenters. The summed E-state index contributed by atoms with van der Waals surface area (Å²) in [4.78, 5) is 0. The molecule has 2 rings (SSSR count). The predicted molar refractivity (Wildman–Crippen MR) is 76.3 cm³/mol. The van der Waals surface area contributed by atoms with Crippen molar-refractivity contribution in [3.8, 4) is 5.75 Å². The Kier molecular flexibility index (Phi) is 4.28. The topological polar surface area (TPSA) is 21.3 Å². The normalized spacial score (nSPS) is 22.9. The average Bonchev–Trinajstić information content (AvgIpc) is 2.32. The van der Waals surface area contributed by atoms with Crippen LogP contribution in [0.1, 0.15) is 63.6 Å². The van der Waals surface area contributed by atoms with Crippen LogP contribution in [-0.2, 0) is 0 Å². The molecule has 1 aromatic rings. The minimum atomic E-state index is 0.238. The van der Waals surface area contributed by atoms with Crippen LogP contribution in [0, 0.1) is 0 Å². The van der Waals surface area contributed by atoms with E-state index in [9.17, 15) is 0 Å². The summed E-state index contributed by atoms with van der Waals surface area (Å²) in [6, 6.07) is 7.10. The fourth-order valence-electron chi connectivity index (χ4n) is 2.73. The van der Waals surface area contributed by atoms with E-state index in [2.05, 4.69) is 51.2 Å². The maximum absolute atomic E-state index is 5.81. The predicted octanol–water partition coefficient (Wildman–Crippen LogP) is 4.02. The quantitative estimate of drug-likeness (QED) is 0.867. The van der Waals surface area contributed by atoms with E-state index in [-0.39, 0.29) is 6.10 Å². The first-order chi connectivity index (χ1) is 8.61. The molecule has 1 heterocycles. The molecule has 18 heavy (non-hydrogen) atoms. The highest BCUT2D eigenvalue weighted by atomic mass is 16.5. The molecule has 2 heteroatoms. The van der Waals surface area contributed by atoms with Crippen molar-refractivity contribution < 1.29 is 4.74 Å². The van der Waals surface area contributed by atoms with E-state index in [0.29, 0.717) is 12.0 Å². The first-order valence-corrected chi connectivity index (χ1v) is 7.15. The van der Waals surface area contributed by atoms with E-state index in [4.69, 9.17) is 4.74 Å². The number of hydrogen-bond donors (Lipinski definition) is 1. The maximum atomic E-state index is 5.81. The van der Waals surface area contributed by atoms with Crippen molar-refractivity contribution in [2.24, 2.45) is 0 Å². The Morgan fingerprint density at radius 2 is 2.11 bits per heavy atom. The van der Waals surface area contributed by atoms with Gasteiger partial charge in [-0.2, -0.15) is 0 Å². The molecule has 1 aliphatic heterocycles. The summed E-state index contributed by atoms with van der Waals surface area (Å²) in [5.41, 5.74) is 2.93. The smallest absolute Gasteiger partial charge is 0.120 e. The molecule has 0 aliphatic carbocycles. The van der Waals surface area contributed by atoms with Crippen molar-refractivity contribution in [2.45, 2.75) is 58.6 Å². The van der Waals surface area contributed by atoms with Crippen molar-refractivity contribution in [1.82, 2.24) is 5.32 Å². The van der Waals surface area contributed by atoms with E-state index in [1.54, 1.807) is 0 Å². The number of rotatable bonds is 4. The minimum absolute atomic E-state index is 0.238. The fourth-order valence-corrected chi connectivity index (χ4v) is 2.73. The van der Waals surface area contributed by atoms with Crippen molar-refractivity contribution in [3.63, 3.8) is 0 Å². The van der Waals surface area contributed by atoms with Crippen LogP contribution in [0.15, 0.2) is 18.2 Å². The summed E-state index contributed by atoms with van der Waals surface area (Å²) in [6.07, 6.45) is 2.65.